The average molecular weight is 419 g/mol. The van der Waals surface area contributed by atoms with Crippen LogP contribution < -0.4 is 25.1 Å². The van der Waals surface area contributed by atoms with Gasteiger partial charge in [0.2, 0.25) is 0 Å². The summed E-state index contributed by atoms with van der Waals surface area (Å²) >= 11 is 1.30. The van der Waals surface area contributed by atoms with E-state index in [2.05, 4.69) is 47.3 Å². The fourth-order valence-electron chi connectivity index (χ4n) is 4.10. The summed E-state index contributed by atoms with van der Waals surface area (Å²) in [6, 6.07) is 10.3. The van der Waals surface area contributed by atoms with Crippen LogP contribution in [-0.4, -0.2) is 17.1 Å². The van der Waals surface area contributed by atoms with E-state index >= 15 is 0 Å². The minimum atomic E-state index is -0.221. The van der Waals surface area contributed by atoms with Crippen molar-refractivity contribution in [1.29, 1.82) is 0 Å². The molecule has 7 heteroatoms. The standard InChI is InChI=1S/C23H22N4O2S/c1-12-7-15(4)19-17(8-12)18(21(28)25-19)20-22(29)27-11-26(10-24-23(27)30-20)16-6-5-13(2)14(3)9-16/h5-9H,10-11H2,1-4H3,(H,25,28). The zero-order valence-corrected chi connectivity index (χ0v) is 18.2. The van der Waals surface area contributed by atoms with Crippen molar-refractivity contribution < 1.29 is 4.79 Å². The second-order valence-corrected chi connectivity index (χ2v) is 9.01. The SMILES string of the molecule is Cc1cc(C)c2c(c1)C(=c1sc3n(c1=O)CN(c1ccc(C)c(C)c1)CN=3)C(=O)N2. The number of carbonyl (C=O) groups excluding carboxylic acids is 1. The Morgan fingerprint density at radius 2 is 1.80 bits per heavy atom. The predicted octanol–water partition coefficient (Wildman–Crippen LogP) is 2.35. The smallest absolute Gasteiger partial charge is 0.272 e. The molecule has 152 valence electrons. The van der Waals surface area contributed by atoms with Crippen LogP contribution in [0.25, 0.3) is 5.57 Å². The van der Waals surface area contributed by atoms with Gasteiger partial charge in [0.1, 0.15) is 17.9 Å². The van der Waals surface area contributed by atoms with E-state index in [0.29, 0.717) is 28.2 Å². The Kier molecular flexibility index (Phi) is 4.18. The van der Waals surface area contributed by atoms with Gasteiger partial charge in [0.25, 0.3) is 11.5 Å². The topological polar surface area (TPSA) is 66.7 Å². The van der Waals surface area contributed by atoms with Gasteiger partial charge in [-0.15, -0.1) is 0 Å². The number of hydrogen-bond donors (Lipinski definition) is 1. The molecule has 0 spiro atoms. The van der Waals surface area contributed by atoms with E-state index in [1.165, 1.54) is 22.5 Å². The van der Waals surface area contributed by atoms with E-state index in [4.69, 9.17) is 0 Å². The van der Waals surface area contributed by atoms with Gasteiger partial charge in [0.05, 0.1) is 11.3 Å². The first-order chi connectivity index (χ1) is 14.3. The number of hydrogen-bond acceptors (Lipinski definition) is 5. The van der Waals surface area contributed by atoms with Crippen LogP contribution in [0.2, 0.25) is 0 Å². The van der Waals surface area contributed by atoms with E-state index in [1.54, 1.807) is 4.57 Å². The van der Waals surface area contributed by atoms with Gasteiger partial charge in [0.15, 0.2) is 4.80 Å². The van der Waals surface area contributed by atoms with Gasteiger partial charge in [-0.2, -0.15) is 0 Å². The second-order valence-electron chi connectivity index (χ2n) is 8.03. The molecule has 0 radical (unpaired) electrons. The molecular weight excluding hydrogens is 396 g/mol. The molecule has 1 amide bonds. The van der Waals surface area contributed by atoms with Gasteiger partial charge in [-0.05, 0) is 62.6 Å². The first kappa shape index (κ1) is 18.8. The van der Waals surface area contributed by atoms with Gasteiger partial charge < -0.3 is 10.2 Å². The van der Waals surface area contributed by atoms with Crippen LogP contribution in [0.15, 0.2) is 40.1 Å². The minimum Gasteiger partial charge on any atom is -0.334 e. The molecule has 0 saturated carbocycles. The van der Waals surface area contributed by atoms with Gasteiger partial charge in [-0.25, -0.2) is 4.99 Å². The molecule has 0 fully saturated rings. The quantitative estimate of drug-likeness (QED) is 0.660. The third-order valence-corrected chi connectivity index (χ3v) is 6.96. The summed E-state index contributed by atoms with van der Waals surface area (Å²) in [6.45, 7) is 9.04. The zero-order chi connectivity index (χ0) is 21.2. The number of fused-ring (bicyclic) bond motifs is 2. The average Bonchev–Trinajstić information content (AvgIpc) is 3.20. The van der Waals surface area contributed by atoms with Crippen molar-refractivity contribution in [3.8, 4) is 0 Å². The Morgan fingerprint density at radius 3 is 2.57 bits per heavy atom. The summed E-state index contributed by atoms with van der Waals surface area (Å²) in [5.41, 5.74) is 7.44. The first-order valence-corrected chi connectivity index (χ1v) is 10.7. The molecule has 1 N–H and O–H groups in total. The van der Waals surface area contributed by atoms with Gasteiger partial charge >= 0.3 is 0 Å². The predicted molar refractivity (Wildman–Crippen MR) is 120 cm³/mol. The Morgan fingerprint density at radius 1 is 1.00 bits per heavy atom. The maximum Gasteiger partial charge on any atom is 0.272 e. The van der Waals surface area contributed by atoms with E-state index in [-0.39, 0.29) is 11.5 Å². The molecule has 30 heavy (non-hydrogen) atoms. The summed E-state index contributed by atoms with van der Waals surface area (Å²) in [5.74, 6) is -0.221. The van der Waals surface area contributed by atoms with Crippen molar-refractivity contribution >= 4 is 34.2 Å². The van der Waals surface area contributed by atoms with Gasteiger partial charge in [-0.3, -0.25) is 14.2 Å². The van der Waals surface area contributed by atoms with Crippen molar-refractivity contribution in [1.82, 2.24) is 4.57 Å². The number of thiazole rings is 1. The Balaban J connectivity index is 1.65. The van der Waals surface area contributed by atoms with Gasteiger partial charge in [0, 0.05) is 11.3 Å². The van der Waals surface area contributed by atoms with Crippen LogP contribution in [0.5, 0.6) is 0 Å². The number of aryl methyl sites for hydroxylation is 4. The molecule has 3 heterocycles. The minimum absolute atomic E-state index is 0.163. The fourth-order valence-corrected chi connectivity index (χ4v) is 5.16. The lowest BCUT2D eigenvalue weighted by molar-refractivity contribution is -0.110. The molecule has 5 rings (SSSR count). The molecule has 2 aliphatic rings. The number of anilines is 2. The molecule has 6 nitrogen and oxygen atoms in total. The third kappa shape index (κ3) is 2.81. The maximum atomic E-state index is 13.3. The summed E-state index contributed by atoms with van der Waals surface area (Å²) in [5, 5.41) is 2.94. The zero-order valence-electron chi connectivity index (χ0n) is 17.4. The molecule has 1 aromatic heterocycles. The Hall–Kier alpha value is -3.19. The molecule has 0 bridgehead atoms. The van der Waals surface area contributed by atoms with Crippen LogP contribution in [-0.2, 0) is 11.5 Å². The molecule has 3 aromatic rings. The largest absolute Gasteiger partial charge is 0.334 e. The van der Waals surface area contributed by atoms with Gasteiger partial charge in [-0.1, -0.05) is 29.0 Å². The van der Waals surface area contributed by atoms with Crippen molar-refractivity contribution in [2.45, 2.75) is 34.4 Å². The number of nitrogens with zero attached hydrogens (tertiary/aromatic N) is 3. The lowest BCUT2D eigenvalue weighted by atomic mass is 10.0. The Labute approximate surface area is 177 Å². The van der Waals surface area contributed by atoms with E-state index in [9.17, 15) is 9.59 Å². The monoisotopic (exact) mass is 418 g/mol. The van der Waals surface area contributed by atoms with Crippen LogP contribution >= 0.6 is 11.3 Å². The van der Waals surface area contributed by atoms with Crippen molar-refractivity contribution in [3.05, 3.63) is 77.8 Å². The fraction of sp³-hybridized carbons (Fsp3) is 0.261. The van der Waals surface area contributed by atoms with Crippen molar-refractivity contribution in [2.75, 3.05) is 16.9 Å². The summed E-state index contributed by atoms with van der Waals surface area (Å²) in [4.78, 5) is 33.5. The highest BCUT2D eigenvalue weighted by atomic mass is 32.1. The number of rotatable bonds is 1. The molecule has 0 aliphatic carbocycles. The van der Waals surface area contributed by atoms with E-state index in [0.717, 1.165) is 28.1 Å². The number of carbonyl (C=O) groups is 1. The molecule has 2 aromatic carbocycles. The third-order valence-electron chi connectivity index (χ3n) is 5.85. The van der Waals surface area contributed by atoms with E-state index < -0.39 is 0 Å². The number of aromatic nitrogens is 1. The van der Waals surface area contributed by atoms with E-state index in [1.807, 2.05) is 26.0 Å². The normalized spacial score (nSPS) is 16.8. The summed E-state index contributed by atoms with van der Waals surface area (Å²) in [6.07, 6.45) is 0. The highest BCUT2D eigenvalue weighted by molar-refractivity contribution is 7.07. The molecule has 0 saturated heterocycles. The molecule has 0 unspecified atom stereocenters. The second kappa shape index (κ2) is 6.67. The number of benzene rings is 2. The Bertz CT molecular complexity index is 1410. The van der Waals surface area contributed by atoms with Crippen molar-refractivity contribution in [3.63, 3.8) is 0 Å². The highest BCUT2D eigenvalue weighted by Crippen LogP contribution is 2.33. The number of nitrogens with one attached hydrogen (secondary N) is 1. The molecular formula is C23H22N4O2S. The van der Waals surface area contributed by atoms with Crippen molar-refractivity contribution in [2.24, 2.45) is 4.99 Å². The van der Waals surface area contributed by atoms with Crippen LogP contribution in [0.4, 0.5) is 11.4 Å². The highest BCUT2D eigenvalue weighted by Gasteiger charge is 2.29. The molecule has 0 atom stereocenters. The van der Waals surface area contributed by atoms with Crippen LogP contribution in [0.3, 0.4) is 0 Å². The lowest BCUT2D eigenvalue weighted by Gasteiger charge is -2.26. The molecule has 2 aliphatic heterocycles. The number of amides is 1. The first-order valence-electron chi connectivity index (χ1n) is 9.87. The van der Waals surface area contributed by atoms with Crippen LogP contribution in [0, 0.1) is 27.7 Å². The summed E-state index contributed by atoms with van der Waals surface area (Å²) < 4.78 is 2.12. The summed E-state index contributed by atoms with van der Waals surface area (Å²) in [7, 11) is 0. The van der Waals surface area contributed by atoms with Crippen LogP contribution in [0.1, 0.15) is 27.8 Å². The lowest BCUT2D eigenvalue weighted by Crippen LogP contribution is -2.43. The maximum absolute atomic E-state index is 13.3.